The summed E-state index contributed by atoms with van der Waals surface area (Å²) in [4.78, 5) is 6.70. The Labute approximate surface area is 59.1 Å². The third kappa shape index (κ3) is 1.17. The van der Waals surface area contributed by atoms with E-state index in [4.69, 9.17) is 11.5 Å². The van der Waals surface area contributed by atoms with Gasteiger partial charge in [-0.3, -0.25) is 0 Å². The Morgan fingerprint density at radius 3 is 3.00 bits per heavy atom. The van der Waals surface area contributed by atoms with Gasteiger partial charge in [0.25, 0.3) is 0 Å². The van der Waals surface area contributed by atoms with Crippen LogP contribution in [-0.2, 0) is 0 Å². The van der Waals surface area contributed by atoms with Crippen molar-refractivity contribution < 1.29 is 5.11 Å². The number of hydrogen-bond acceptors (Lipinski definition) is 2. The molecule has 1 unspecified atom stereocenters. The largest absolute Gasteiger partial charge is 0.374 e. The number of aromatic amines is 1. The van der Waals surface area contributed by atoms with Crippen molar-refractivity contribution in [3.8, 4) is 12.3 Å². The smallest absolute Gasteiger partial charge is 0.156 e. The number of rotatable bonds is 1. The van der Waals surface area contributed by atoms with E-state index in [2.05, 4.69) is 15.9 Å². The molecule has 2 N–H and O–H groups in total. The zero-order valence-corrected chi connectivity index (χ0v) is 5.63. The summed E-state index contributed by atoms with van der Waals surface area (Å²) in [5.74, 6) is 2.93. The number of nitrogens with zero attached hydrogens (tertiary/aromatic N) is 1. The molecule has 1 aromatic rings. The van der Waals surface area contributed by atoms with Crippen molar-refractivity contribution in [1.82, 2.24) is 9.97 Å². The molecule has 0 amide bonds. The molecule has 0 aromatic carbocycles. The Morgan fingerprint density at radius 2 is 2.60 bits per heavy atom. The summed E-state index contributed by atoms with van der Waals surface area (Å²) >= 11 is 0. The molecule has 0 spiro atoms. The highest BCUT2D eigenvalue weighted by Gasteiger charge is 2.04. The minimum atomic E-state index is -0.860. The van der Waals surface area contributed by atoms with Gasteiger partial charge in [-0.05, 0) is 6.92 Å². The maximum absolute atomic E-state index is 9.04. The Bertz CT molecular complexity index is 259. The van der Waals surface area contributed by atoms with E-state index in [1.165, 1.54) is 6.20 Å². The molecule has 0 aliphatic rings. The molecule has 3 nitrogen and oxygen atoms in total. The summed E-state index contributed by atoms with van der Waals surface area (Å²) in [7, 11) is 0. The minimum Gasteiger partial charge on any atom is -0.374 e. The fourth-order valence-electron chi connectivity index (χ4n) is 0.669. The van der Waals surface area contributed by atoms with Crippen LogP contribution in [0.1, 0.15) is 17.6 Å². The molecular formula is C7H8N2O. The number of aliphatic hydroxyl groups excluding tert-OH is 1. The zero-order valence-electron chi connectivity index (χ0n) is 5.63. The SMILES string of the molecule is C#CC(O)c1cnc(C)[nH]1. The molecule has 0 saturated carbocycles. The summed E-state index contributed by atoms with van der Waals surface area (Å²) in [6, 6.07) is 0. The summed E-state index contributed by atoms with van der Waals surface area (Å²) in [5, 5.41) is 9.04. The van der Waals surface area contributed by atoms with E-state index in [1.54, 1.807) is 6.92 Å². The predicted molar refractivity (Wildman–Crippen MR) is 37.1 cm³/mol. The first-order chi connectivity index (χ1) is 4.74. The zero-order chi connectivity index (χ0) is 7.56. The van der Waals surface area contributed by atoms with Gasteiger partial charge in [0, 0.05) is 0 Å². The third-order valence-corrected chi connectivity index (χ3v) is 1.17. The lowest BCUT2D eigenvalue weighted by Crippen LogP contribution is -1.92. The molecule has 52 valence electrons. The Kier molecular flexibility index (Phi) is 1.74. The fraction of sp³-hybridized carbons (Fsp3) is 0.286. The number of H-pyrrole nitrogens is 1. The Morgan fingerprint density at radius 1 is 1.90 bits per heavy atom. The van der Waals surface area contributed by atoms with Crippen molar-refractivity contribution in [3.63, 3.8) is 0 Å². The average Bonchev–Trinajstić information content (AvgIpc) is 2.34. The van der Waals surface area contributed by atoms with Crippen molar-refractivity contribution in [3.05, 3.63) is 17.7 Å². The normalized spacial score (nSPS) is 12.5. The first-order valence-electron chi connectivity index (χ1n) is 2.89. The number of aryl methyl sites for hydroxylation is 1. The van der Waals surface area contributed by atoms with Gasteiger partial charge in [0.2, 0.25) is 0 Å². The summed E-state index contributed by atoms with van der Waals surface area (Å²) in [5.41, 5.74) is 0.569. The van der Waals surface area contributed by atoms with E-state index in [0.29, 0.717) is 5.69 Å². The quantitative estimate of drug-likeness (QED) is 0.548. The highest BCUT2D eigenvalue weighted by Crippen LogP contribution is 2.06. The molecule has 0 radical (unpaired) electrons. The molecule has 0 saturated heterocycles. The number of imidazole rings is 1. The van der Waals surface area contributed by atoms with Crippen LogP contribution in [0.4, 0.5) is 0 Å². The van der Waals surface area contributed by atoms with Crippen LogP contribution in [0, 0.1) is 19.3 Å². The predicted octanol–water partition coefficient (Wildman–Crippen LogP) is 0.385. The molecule has 1 atom stereocenters. The summed E-state index contributed by atoms with van der Waals surface area (Å²) in [6.45, 7) is 1.80. The number of hydrogen-bond donors (Lipinski definition) is 2. The molecule has 0 aliphatic heterocycles. The number of aromatic nitrogens is 2. The van der Waals surface area contributed by atoms with Crippen LogP contribution < -0.4 is 0 Å². The van der Waals surface area contributed by atoms with Crippen LogP contribution >= 0.6 is 0 Å². The molecule has 3 heteroatoms. The van der Waals surface area contributed by atoms with Gasteiger partial charge in [-0.1, -0.05) is 5.92 Å². The number of aliphatic hydroxyl groups is 1. The van der Waals surface area contributed by atoms with Gasteiger partial charge < -0.3 is 10.1 Å². The van der Waals surface area contributed by atoms with Gasteiger partial charge in [0.1, 0.15) is 5.82 Å². The van der Waals surface area contributed by atoms with Gasteiger partial charge in [-0.15, -0.1) is 6.42 Å². The molecule has 0 bridgehead atoms. The van der Waals surface area contributed by atoms with Gasteiger partial charge in [-0.2, -0.15) is 0 Å². The van der Waals surface area contributed by atoms with Crippen LogP contribution in [-0.4, -0.2) is 15.1 Å². The number of terminal acetylenes is 1. The van der Waals surface area contributed by atoms with Gasteiger partial charge >= 0.3 is 0 Å². The Hall–Kier alpha value is -1.27. The second kappa shape index (κ2) is 2.54. The maximum atomic E-state index is 9.04. The summed E-state index contributed by atoms with van der Waals surface area (Å²) in [6.07, 6.45) is 5.63. The first kappa shape index (κ1) is 6.84. The lowest BCUT2D eigenvalue weighted by molar-refractivity contribution is 0.234. The van der Waals surface area contributed by atoms with Crippen molar-refractivity contribution in [2.24, 2.45) is 0 Å². The molecule has 10 heavy (non-hydrogen) atoms. The monoisotopic (exact) mass is 136 g/mol. The molecule has 0 fully saturated rings. The van der Waals surface area contributed by atoms with Crippen molar-refractivity contribution in [2.75, 3.05) is 0 Å². The fourth-order valence-corrected chi connectivity index (χ4v) is 0.669. The standard InChI is InChI=1S/C7H8N2O/c1-3-7(10)6-4-8-5(2)9-6/h1,4,7,10H,2H3,(H,8,9). The van der Waals surface area contributed by atoms with Crippen molar-refractivity contribution in [1.29, 1.82) is 0 Å². The topological polar surface area (TPSA) is 48.9 Å². The van der Waals surface area contributed by atoms with E-state index in [-0.39, 0.29) is 0 Å². The van der Waals surface area contributed by atoms with Crippen molar-refractivity contribution >= 4 is 0 Å². The third-order valence-electron chi connectivity index (χ3n) is 1.17. The highest BCUT2D eigenvalue weighted by atomic mass is 16.3. The Balaban J connectivity index is 2.87. The van der Waals surface area contributed by atoms with Crippen LogP contribution in [0.15, 0.2) is 6.20 Å². The van der Waals surface area contributed by atoms with Crippen molar-refractivity contribution in [2.45, 2.75) is 13.0 Å². The molecule has 0 aliphatic carbocycles. The van der Waals surface area contributed by atoms with Gasteiger partial charge in [-0.25, -0.2) is 4.98 Å². The molecule has 1 rings (SSSR count). The van der Waals surface area contributed by atoms with E-state index in [0.717, 1.165) is 5.82 Å². The molecule has 1 aromatic heterocycles. The van der Waals surface area contributed by atoms with Gasteiger partial charge in [0.05, 0.1) is 11.9 Å². The average molecular weight is 136 g/mol. The van der Waals surface area contributed by atoms with E-state index >= 15 is 0 Å². The van der Waals surface area contributed by atoms with E-state index in [1.807, 2.05) is 0 Å². The van der Waals surface area contributed by atoms with Crippen LogP contribution in [0.25, 0.3) is 0 Å². The minimum absolute atomic E-state index is 0.569. The van der Waals surface area contributed by atoms with Crippen LogP contribution in [0.2, 0.25) is 0 Å². The lowest BCUT2D eigenvalue weighted by atomic mass is 10.3. The van der Waals surface area contributed by atoms with Gasteiger partial charge in [0.15, 0.2) is 6.10 Å². The number of nitrogens with one attached hydrogen (secondary N) is 1. The molecular weight excluding hydrogens is 128 g/mol. The molecule has 1 heterocycles. The highest BCUT2D eigenvalue weighted by molar-refractivity contribution is 5.13. The van der Waals surface area contributed by atoms with E-state index in [9.17, 15) is 0 Å². The second-order valence-corrected chi connectivity index (χ2v) is 1.99. The second-order valence-electron chi connectivity index (χ2n) is 1.99. The maximum Gasteiger partial charge on any atom is 0.156 e. The lowest BCUT2D eigenvalue weighted by Gasteiger charge is -1.95. The van der Waals surface area contributed by atoms with Crippen LogP contribution in [0.3, 0.4) is 0 Å². The van der Waals surface area contributed by atoms with E-state index < -0.39 is 6.10 Å². The first-order valence-corrected chi connectivity index (χ1v) is 2.89. The van der Waals surface area contributed by atoms with Crippen LogP contribution in [0.5, 0.6) is 0 Å². The summed E-state index contributed by atoms with van der Waals surface area (Å²) < 4.78 is 0.